The Morgan fingerprint density at radius 2 is 1.68 bits per heavy atom. The van der Waals surface area contributed by atoms with Crippen molar-refractivity contribution < 1.29 is 23.0 Å². The molecule has 0 fully saturated rings. The molecule has 0 saturated heterocycles. The molecule has 9 heteroatoms. The highest BCUT2D eigenvalue weighted by Crippen LogP contribution is 2.42. The summed E-state index contributed by atoms with van der Waals surface area (Å²) in [6, 6.07) is 9.64. The van der Waals surface area contributed by atoms with Gasteiger partial charge in [0.25, 0.3) is 0 Å². The zero-order valence-electron chi connectivity index (χ0n) is 15.0. The van der Waals surface area contributed by atoms with Gasteiger partial charge in [0.2, 0.25) is 0 Å². The number of benzene rings is 2. The van der Waals surface area contributed by atoms with Crippen molar-refractivity contribution in [2.45, 2.75) is 25.7 Å². The van der Waals surface area contributed by atoms with E-state index < -0.39 is 23.4 Å². The summed E-state index contributed by atoms with van der Waals surface area (Å²) in [6.07, 6.45) is -2.39. The molecule has 0 aliphatic rings. The fourth-order valence-corrected chi connectivity index (χ4v) is 2.99. The van der Waals surface area contributed by atoms with Crippen molar-refractivity contribution in [3.63, 3.8) is 0 Å². The Labute approximate surface area is 164 Å². The van der Waals surface area contributed by atoms with Crippen molar-refractivity contribution in [3.05, 3.63) is 71.3 Å². The van der Waals surface area contributed by atoms with Gasteiger partial charge in [-0.05, 0) is 42.5 Å². The molecular formula is C19H17ClF3N3O2. The highest BCUT2D eigenvalue weighted by atomic mass is 35.5. The van der Waals surface area contributed by atoms with Crippen LogP contribution in [0.25, 0.3) is 0 Å². The Kier molecular flexibility index (Phi) is 5.36. The first-order chi connectivity index (χ1) is 13.1. The van der Waals surface area contributed by atoms with Gasteiger partial charge in [0.1, 0.15) is 24.2 Å². The molecule has 0 spiro atoms. The minimum atomic E-state index is -4.72. The summed E-state index contributed by atoms with van der Waals surface area (Å²) >= 11 is 5.80. The van der Waals surface area contributed by atoms with Crippen LogP contribution in [0, 0.1) is 5.92 Å². The van der Waals surface area contributed by atoms with Gasteiger partial charge in [0.05, 0.1) is 5.56 Å². The standard InChI is InChI=1S/C19H17ClF3N3O2/c1-12(2)18(27,26-11-24-10-25-26)16-8-7-15(9-17(16)19(21,22)23)28-14-5-3-13(20)4-6-14/h3-12,27H,1-2H3. The number of aliphatic hydroxyl groups is 1. The van der Waals surface area contributed by atoms with Crippen LogP contribution in [-0.2, 0) is 11.9 Å². The minimum Gasteiger partial charge on any atom is -0.457 e. The summed E-state index contributed by atoms with van der Waals surface area (Å²) in [7, 11) is 0. The highest BCUT2D eigenvalue weighted by Gasteiger charge is 2.44. The Morgan fingerprint density at radius 1 is 1.04 bits per heavy atom. The normalized spacial score (nSPS) is 14.1. The molecule has 28 heavy (non-hydrogen) atoms. The summed E-state index contributed by atoms with van der Waals surface area (Å²) in [5, 5.41) is 15.5. The Balaban J connectivity index is 2.10. The average molecular weight is 412 g/mol. The van der Waals surface area contributed by atoms with Crippen molar-refractivity contribution >= 4 is 11.6 Å². The molecule has 0 bridgehead atoms. The molecule has 0 aliphatic heterocycles. The van der Waals surface area contributed by atoms with Gasteiger partial charge in [-0.1, -0.05) is 25.4 Å². The van der Waals surface area contributed by atoms with Crippen LogP contribution < -0.4 is 4.74 Å². The Bertz CT molecular complexity index is 944. The fraction of sp³-hybridized carbons (Fsp3) is 0.263. The lowest BCUT2D eigenvalue weighted by atomic mass is 9.87. The maximum atomic E-state index is 13.8. The number of halogens is 4. The third-order valence-corrected chi connectivity index (χ3v) is 4.57. The molecule has 0 saturated carbocycles. The monoisotopic (exact) mass is 411 g/mol. The summed E-state index contributed by atoms with van der Waals surface area (Å²) in [5.74, 6) is -0.318. The van der Waals surface area contributed by atoms with Gasteiger partial charge < -0.3 is 9.84 Å². The van der Waals surface area contributed by atoms with Crippen LogP contribution in [0.4, 0.5) is 13.2 Å². The van der Waals surface area contributed by atoms with E-state index in [0.717, 1.165) is 17.1 Å². The molecule has 3 rings (SSSR count). The summed E-state index contributed by atoms with van der Waals surface area (Å²) in [5.41, 5.74) is -3.41. The molecule has 5 nitrogen and oxygen atoms in total. The van der Waals surface area contributed by atoms with Gasteiger partial charge in [-0.2, -0.15) is 18.3 Å². The molecule has 1 aromatic heterocycles. The predicted octanol–water partition coefficient (Wildman–Crippen LogP) is 5.09. The molecule has 3 aromatic rings. The molecule has 1 heterocycles. The van der Waals surface area contributed by atoms with Crippen molar-refractivity contribution in [1.29, 1.82) is 0 Å². The van der Waals surface area contributed by atoms with Gasteiger partial charge in [-0.15, -0.1) is 0 Å². The number of alkyl halides is 3. The second-order valence-electron chi connectivity index (χ2n) is 6.48. The molecule has 1 unspecified atom stereocenters. The van der Waals surface area contributed by atoms with Crippen LogP contribution >= 0.6 is 11.6 Å². The zero-order valence-corrected chi connectivity index (χ0v) is 15.7. The van der Waals surface area contributed by atoms with E-state index in [1.807, 2.05) is 0 Å². The van der Waals surface area contributed by atoms with E-state index in [4.69, 9.17) is 16.3 Å². The predicted molar refractivity (Wildman–Crippen MR) is 97.1 cm³/mol. The number of rotatable bonds is 5. The lowest BCUT2D eigenvalue weighted by Gasteiger charge is -2.34. The van der Waals surface area contributed by atoms with Crippen LogP contribution in [0.3, 0.4) is 0 Å². The number of hydrogen-bond acceptors (Lipinski definition) is 4. The van der Waals surface area contributed by atoms with Crippen molar-refractivity contribution in [3.8, 4) is 11.5 Å². The number of ether oxygens (including phenoxy) is 1. The molecule has 0 amide bonds. The first-order valence-electron chi connectivity index (χ1n) is 8.35. The van der Waals surface area contributed by atoms with Gasteiger partial charge >= 0.3 is 6.18 Å². The maximum absolute atomic E-state index is 13.8. The van der Waals surface area contributed by atoms with Crippen LogP contribution in [0.1, 0.15) is 25.0 Å². The zero-order chi connectivity index (χ0) is 20.5. The quantitative estimate of drug-likeness (QED) is 0.635. The van der Waals surface area contributed by atoms with E-state index in [-0.39, 0.29) is 11.3 Å². The number of aromatic nitrogens is 3. The largest absolute Gasteiger partial charge is 0.457 e. The number of nitrogens with zero attached hydrogens (tertiary/aromatic N) is 3. The molecule has 0 aliphatic carbocycles. The smallest absolute Gasteiger partial charge is 0.416 e. The third kappa shape index (κ3) is 3.83. The minimum absolute atomic E-state index is 0.0249. The second-order valence-corrected chi connectivity index (χ2v) is 6.92. The van der Waals surface area contributed by atoms with Crippen LogP contribution in [0.2, 0.25) is 5.02 Å². The lowest BCUT2D eigenvalue weighted by molar-refractivity contribution is -0.143. The van der Waals surface area contributed by atoms with Gasteiger partial charge in [-0.25, -0.2) is 9.67 Å². The van der Waals surface area contributed by atoms with Gasteiger partial charge in [0.15, 0.2) is 5.72 Å². The Hall–Kier alpha value is -2.58. The fourth-order valence-electron chi connectivity index (χ4n) is 2.86. The maximum Gasteiger partial charge on any atom is 0.416 e. The molecule has 0 radical (unpaired) electrons. The molecule has 148 valence electrons. The highest BCUT2D eigenvalue weighted by molar-refractivity contribution is 6.30. The van der Waals surface area contributed by atoms with E-state index >= 15 is 0 Å². The van der Waals surface area contributed by atoms with Crippen molar-refractivity contribution in [1.82, 2.24) is 14.8 Å². The van der Waals surface area contributed by atoms with Crippen molar-refractivity contribution in [2.75, 3.05) is 0 Å². The van der Waals surface area contributed by atoms with E-state index in [2.05, 4.69) is 10.1 Å². The van der Waals surface area contributed by atoms with E-state index in [9.17, 15) is 18.3 Å². The summed E-state index contributed by atoms with van der Waals surface area (Å²) in [4.78, 5) is 3.74. The van der Waals surface area contributed by atoms with Crippen LogP contribution in [0.15, 0.2) is 55.1 Å². The SMILES string of the molecule is CC(C)C(O)(c1ccc(Oc2ccc(Cl)cc2)cc1C(F)(F)F)n1cncn1. The number of hydrogen-bond donors (Lipinski definition) is 1. The Morgan fingerprint density at radius 3 is 2.21 bits per heavy atom. The van der Waals surface area contributed by atoms with E-state index in [0.29, 0.717) is 10.8 Å². The first kappa shape index (κ1) is 20.2. The molecular weight excluding hydrogens is 395 g/mol. The molecule has 1 N–H and O–H groups in total. The van der Waals surface area contributed by atoms with Crippen molar-refractivity contribution in [2.24, 2.45) is 5.92 Å². The van der Waals surface area contributed by atoms with Gasteiger partial charge in [-0.3, -0.25) is 0 Å². The molecule has 2 aromatic carbocycles. The molecule has 1 atom stereocenters. The summed E-state index contributed by atoms with van der Waals surface area (Å²) in [6.45, 7) is 3.19. The third-order valence-electron chi connectivity index (χ3n) is 4.32. The van der Waals surface area contributed by atoms with Crippen LogP contribution in [-0.4, -0.2) is 19.9 Å². The average Bonchev–Trinajstić information content (AvgIpc) is 3.17. The topological polar surface area (TPSA) is 60.2 Å². The summed E-state index contributed by atoms with van der Waals surface area (Å²) < 4.78 is 48.0. The van der Waals surface area contributed by atoms with E-state index in [1.54, 1.807) is 38.1 Å². The second kappa shape index (κ2) is 7.44. The van der Waals surface area contributed by atoms with Crippen LogP contribution in [0.5, 0.6) is 11.5 Å². The van der Waals surface area contributed by atoms with Gasteiger partial charge in [0, 0.05) is 16.5 Å². The first-order valence-corrected chi connectivity index (χ1v) is 8.72. The lowest BCUT2D eigenvalue weighted by Crippen LogP contribution is -2.42. The van der Waals surface area contributed by atoms with E-state index in [1.165, 1.54) is 18.5 Å².